The van der Waals surface area contributed by atoms with Crippen LogP contribution in [0.5, 0.6) is 0 Å². The Morgan fingerprint density at radius 2 is 1.67 bits per heavy atom. The van der Waals surface area contributed by atoms with Crippen molar-refractivity contribution < 1.29 is 4.57 Å². The summed E-state index contributed by atoms with van der Waals surface area (Å²) in [5.74, 6) is 0. The highest BCUT2D eigenvalue weighted by atomic mass is 32.1. The second kappa shape index (κ2) is 3.78. The standard InChI is InChI=1S/C13H16NS/c1-9-7-12(8-10(2)14(9)4)13-5-6-15-11(13)3/h5-8H,1-4H3/q+1. The van der Waals surface area contributed by atoms with Crippen LogP contribution in [-0.4, -0.2) is 0 Å². The molecule has 0 radical (unpaired) electrons. The van der Waals surface area contributed by atoms with E-state index < -0.39 is 0 Å². The summed E-state index contributed by atoms with van der Waals surface area (Å²) >= 11 is 1.81. The van der Waals surface area contributed by atoms with Crippen LogP contribution in [0, 0.1) is 20.8 Å². The minimum absolute atomic E-state index is 1.30. The Morgan fingerprint density at radius 3 is 2.13 bits per heavy atom. The molecule has 0 fully saturated rings. The Hall–Kier alpha value is -1.15. The van der Waals surface area contributed by atoms with Gasteiger partial charge in [-0.15, -0.1) is 11.3 Å². The van der Waals surface area contributed by atoms with Crippen molar-refractivity contribution in [2.45, 2.75) is 20.8 Å². The lowest BCUT2D eigenvalue weighted by atomic mass is 10.1. The predicted molar refractivity (Wildman–Crippen MR) is 65.1 cm³/mol. The van der Waals surface area contributed by atoms with Crippen molar-refractivity contribution in [3.8, 4) is 11.1 Å². The topological polar surface area (TPSA) is 3.88 Å². The third-order valence-corrected chi connectivity index (χ3v) is 3.80. The number of thiophene rings is 1. The minimum atomic E-state index is 1.30. The zero-order chi connectivity index (χ0) is 11.0. The maximum absolute atomic E-state index is 2.25. The molecule has 0 spiro atoms. The second-order valence-electron chi connectivity index (χ2n) is 3.98. The molecule has 2 rings (SSSR count). The average Bonchev–Trinajstić information content (AvgIpc) is 2.60. The maximum Gasteiger partial charge on any atom is 0.178 e. The van der Waals surface area contributed by atoms with Crippen LogP contribution in [0.1, 0.15) is 16.3 Å². The van der Waals surface area contributed by atoms with Gasteiger partial charge in [-0.05, 0) is 29.5 Å². The van der Waals surface area contributed by atoms with Gasteiger partial charge in [0.2, 0.25) is 0 Å². The Balaban J connectivity index is 2.60. The van der Waals surface area contributed by atoms with Crippen molar-refractivity contribution in [3.05, 3.63) is 39.8 Å². The van der Waals surface area contributed by atoms with Crippen LogP contribution in [0.3, 0.4) is 0 Å². The fourth-order valence-corrected chi connectivity index (χ4v) is 2.52. The third-order valence-electron chi connectivity index (χ3n) is 2.96. The first-order valence-corrected chi connectivity index (χ1v) is 5.99. The van der Waals surface area contributed by atoms with Crippen molar-refractivity contribution >= 4 is 11.3 Å². The van der Waals surface area contributed by atoms with E-state index in [4.69, 9.17) is 0 Å². The lowest BCUT2D eigenvalue weighted by molar-refractivity contribution is -0.683. The zero-order valence-electron chi connectivity index (χ0n) is 9.66. The summed E-state index contributed by atoms with van der Waals surface area (Å²) in [5.41, 5.74) is 5.31. The van der Waals surface area contributed by atoms with E-state index in [1.54, 1.807) is 0 Å². The SMILES string of the molecule is Cc1sccc1-c1cc(C)[n+](C)c(C)c1. The fourth-order valence-electron chi connectivity index (χ4n) is 1.80. The summed E-state index contributed by atoms with van der Waals surface area (Å²) in [7, 11) is 2.11. The first kappa shape index (κ1) is 10.4. The predicted octanol–water partition coefficient (Wildman–Crippen LogP) is 3.16. The molecule has 0 aliphatic heterocycles. The third kappa shape index (κ3) is 1.82. The van der Waals surface area contributed by atoms with Gasteiger partial charge in [-0.3, -0.25) is 0 Å². The van der Waals surface area contributed by atoms with Gasteiger partial charge >= 0.3 is 0 Å². The van der Waals surface area contributed by atoms with E-state index in [1.807, 2.05) is 11.3 Å². The number of aryl methyl sites for hydroxylation is 3. The van der Waals surface area contributed by atoms with E-state index in [-0.39, 0.29) is 0 Å². The molecule has 0 saturated heterocycles. The van der Waals surface area contributed by atoms with Crippen molar-refractivity contribution in [1.82, 2.24) is 0 Å². The quantitative estimate of drug-likeness (QED) is 0.647. The Morgan fingerprint density at radius 1 is 1.07 bits per heavy atom. The minimum Gasteiger partial charge on any atom is -0.203 e. The molecule has 15 heavy (non-hydrogen) atoms. The molecule has 2 aromatic heterocycles. The lowest BCUT2D eigenvalue weighted by Gasteiger charge is -2.03. The first-order valence-electron chi connectivity index (χ1n) is 5.11. The molecule has 0 bridgehead atoms. The van der Waals surface area contributed by atoms with Gasteiger partial charge in [-0.2, -0.15) is 0 Å². The van der Waals surface area contributed by atoms with Crippen LogP contribution in [0.15, 0.2) is 23.6 Å². The summed E-state index contributed by atoms with van der Waals surface area (Å²) in [5, 5.41) is 2.16. The summed E-state index contributed by atoms with van der Waals surface area (Å²) in [4.78, 5) is 1.39. The van der Waals surface area contributed by atoms with Crippen LogP contribution in [0.2, 0.25) is 0 Å². The molecule has 2 heterocycles. The first-order chi connectivity index (χ1) is 7.09. The molecule has 0 aromatic carbocycles. The normalized spacial score (nSPS) is 10.7. The Labute approximate surface area is 95.0 Å². The molecule has 0 N–H and O–H groups in total. The van der Waals surface area contributed by atoms with E-state index in [2.05, 4.69) is 56.0 Å². The zero-order valence-corrected chi connectivity index (χ0v) is 10.5. The van der Waals surface area contributed by atoms with Gasteiger partial charge in [-0.1, -0.05) is 0 Å². The number of pyridine rings is 1. The van der Waals surface area contributed by atoms with Crippen LogP contribution in [-0.2, 0) is 7.05 Å². The monoisotopic (exact) mass is 218 g/mol. The summed E-state index contributed by atoms with van der Waals surface area (Å²) in [6.07, 6.45) is 0. The van der Waals surface area contributed by atoms with E-state index in [1.165, 1.54) is 27.4 Å². The van der Waals surface area contributed by atoms with Crippen molar-refractivity contribution in [2.24, 2.45) is 7.05 Å². The Bertz CT molecular complexity index is 474. The number of hydrogen-bond acceptors (Lipinski definition) is 1. The molecule has 0 aliphatic carbocycles. The van der Waals surface area contributed by atoms with Crippen LogP contribution in [0.4, 0.5) is 0 Å². The molecule has 0 unspecified atom stereocenters. The molecule has 0 amide bonds. The highest BCUT2D eigenvalue weighted by Gasteiger charge is 2.10. The van der Waals surface area contributed by atoms with Crippen molar-refractivity contribution in [1.29, 1.82) is 0 Å². The van der Waals surface area contributed by atoms with Gasteiger partial charge in [-0.25, -0.2) is 4.57 Å². The smallest absolute Gasteiger partial charge is 0.178 e. The summed E-state index contributed by atoms with van der Waals surface area (Å²) in [6, 6.07) is 6.71. The van der Waals surface area contributed by atoms with Gasteiger partial charge in [0, 0.05) is 30.9 Å². The molecule has 2 heteroatoms. The van der Waals surface area contributed by atoms with Gasteiger partial charge in [0.05, 0.1) is 0 Å². The van der Waals surface area contributed by atoms with E-state index >= 15 is 0 Å². The molecule has 2 aromatic rings. The molecule has 78 valence electrons. The largest absolute Gasteiger partial charge is 0.203 e. The van der Waals surface area contributed by atoms with Gasteiger partial charge < -0.3 is 0 Å². The van der Waals surface area contributed by atoms with E-state index in [9.17, 15) is 0 Å². The molecule has 0 saturated carbocycles. The molecule has 1 nitrogen and oxygen atoms in total. The Kier molecular flexibility index (Phi) is 2.61. The maximum atomic E-state index is 2.25. The second-order valence-corrected chi connectivity index (χ2v) is 5.10. The lowest BCUT2D eigenvalue weighted by Crippen LogP contribution is -2.35. The summed E-state index contributed by atoms with van der Waals surface area (Å²) in [6.45, 7) is 6.48. The van der Waals surface area contributed by atoms with Gasteiger partial charge in [0.1, 0.15) is 7.05 Å². The molecular weight excluding hydrogens is 202 g/mol. The van der Waals surface area contributed by atoms with Crippen LogP contribution >= 0.6 is 11.3 Å². The van der Waals surface area contributed by atoms with E-state index in [0.29, 0.717) is 0 Å². The number of hydrogen-bond donors (Lipinski definition) is 0. The number of aromatic nitrogens is 1. The van der Waals surface area contributed by atoms with Crippen LogP contribution < -0.4 is 4.57 Å². The number of nitrogens with zero attached hydrogens (tertiary/aromatic N) is 1. The molecule has 0 aliphatic rings. The van der Waals surface area contributed by atoms with Crippen molar-refractivity contribution in [3.63, 3.8) is 0 Å². The average molecular weight is 218 g/mol. The highest BCUT2D eigenvalue weighted by molar-refractivity contribution is 7.10. The van der Waals surface area contributed by atoms with Crippen molar-refractivity contribution in [2.75, 3.05) is 0 Å². The van der Waals surface area contributed by atoms with Gasteiger partial charge in [0.25, 0.3) is 0 Å². The fraction of sp³-hybridized carbons (Fsp3) is 0.308. The molecule has 0 atom stereocenters. The van der Waals surface area contributed by atoms with E-state index in [0.717, 1.165) is 0 Å². The summed E-state index contributed by atoms with van der Waals surface area (Å²) < 4.78 is 2.21. The molecular formula is C13H16NS+. The van der Waals surface area contributed by atoms with Gasteiger partial charge in [0.15, 0.2) is 11.4 Å². The highest BCUT2D eigenvalue weighted by Crippen LogP contribution is 2.27. The number of rotatable bonds is 1. The van der Waals surface area contributed by atoms with Crippen LogP contribution in [0.25, 0.3) is 11.1 Å².